The smallest absolute Gasteiger partial charge is 0.341 e. The van der Waals surface area contributed by atoms with Gasteiger partial charge in [0, 0.05) is 0 Å². The number of nitrogens with two attached hydrogens (primary N) is 2. The van der Waals surface area contributed by atoms with Gasteiger partial charge in [0.2, 0.25) is 0 Å². The lowest BCUT2D eigenvalue weighted by atomic mass is 10.1. The molecule has 0 amide bonds. The molecule has 1 heterocycles. The summed E-state index contributed by atoms with van der Waals surface area (Å²) in [7, 11) is 1.22. The van der Waals surface area contributed by atoms with Gasteiger partial charge in [0.05, 0.1) is 24.1 Å². The number of esters is 1. The maximum atomic E-state index is 11.4. The molecule has 1 rings (SSSR count). The number of ether oxygens (including phenoxy) is 1. The number of aromatic nitrogens is 1. The molecule has 0 aromatic carbocycles. The van der Waals surface area contributed by atoms with Gasteiger partial charge < -0.3 is 16.2 Å². The van der Waals surface area contributed by atoms with Crippen LogP contribution in [0.15, 0.2) is 0 Å². The van der Waals surface area contributed by atoms with Gasteiger partial charge in [-0.25, -0.2) is 9.78 Å². The summed E-state index contributed by atoms with van der Waals surface area (Å²) in [5.74, 6) is -0.611. The van der Waals surface area contributed by atoms with E-state index in [1.807, 2.05) is 6.07 Å². The topological polar surface area (TPSA) is 115 Å². The van der Waals surface area contributed by atoms with Crippen LogP contribution in [-0.2, 0) is 4.74 Å². The average Bonchev–Trinajstić information content (AvgIpc) is 2.21. The van der Waals surface area contributed by atoms with Gasteiger partial charge in [-0.3, -0.25) is 0 Å². The van der Waals surface area contributed by atoms with E-state index in [0.29, 0.717) is 5.69 Å². The third kappa shape index (κ3) is 1.67. The van der Waals surface area contributed by atoms with Crippen molar-refractivity contribution in [1.82, 2.24) is 4.98 Å². The van der Waals surface area contributed by atoms with Crippen LogP contribution in [0.3, 0.4) is 0 Å². The Bertz CT molecular complexity index is 462. The van der Waals surface area contributed by atoms with Crippen LogP contribution in [-0.4, -0.2) is 18.1 Å². The Labute approximate surface area is 86.5 Å². The van der Waals surface area contributed by atoms with Gasteiger partial charge in [0.15, 0.2) is 0 Å². The quantitative estimate of drug-likeness (QED) is 0.635. The molecule has 0 bridgehead atoms. The van der Waals surface area contributed by atoms with Crippen LogP contribution < -0.4 is 11.5 Å². The van der Waals surface area contributed by atoms with Crippen LogP contribution in [0.1, 0.15) is 21.6 Å². The maximum Gasteiger partial charge on any atom is 0.341 e. The molecular formula is C9H10N4O2. The molecule has 0 aliphatic heterocycles. The number of hydrogen-bond acceptors (Lipinski definition) is 6. The molecule has 0 atom stereocenters. The van der Waals surface area contributed by atoms with Crippen molar-refractivity contribution in [3.8, 4) is 6.07 Å². The van der Waals surface area contributed by atoms with E-state index in [1.165, 1.54) is 7.11 Å². The van der Waals surface area contributed by atoms with Crippen LogP contribution in [0.5, 0.6) is 0 Å². The number of aryl methyl sites for hydroxylation is 1. The van der Waals surface area contributed by atoms with Gasteiger partial charge in [-0.15, -0.1) is 0 Å². The number of pyridine rings is 1. The van der Waals surface area contributed by atoms with Gasteiger partial charge in [-0.05, 0) is 6.92 Å². The monoisotopic (exact) mass is 206 g/mol. The Morgan fingerprint density at radius 2 is 2.13 bits per heavy atom. The highest BCUT2D eigenvalue weighted by Crippen LogP contribution is 2.24. The number of anilines is 2. The summed E-state index contributed by atoms with van der Waals surface area (Å²) < 4.78 is 4.53. The third-order valence-corrected chi connectivity index (χ3v) is 1.95. The second kappa shape index (κ2) is 3.84. The van der Waals surface area contributed by atoms with E-state index < -0.39 is 5.97 Å². The van der Waals surface area contributed by atoms with Gasteiger partial charge >= 0.3 is 5.97 Å². The fourth-order valence-corrected chi connectivity index (χ4v) is 1.21. The van der Waals surface area contributed by atoms with Crippen molar-refractivity contribution < 1.29 is 9.53 Å². The minimum Gasteiger partial charge on any atom is -0.465 e. The van der Waals surface area contributed by atoms with Gasteiger partial charge in [-0.2, -0.15) is 5.26 Å². The SMILES string of the molecule is COC(=O)c1c(C)nc(N)c(N)c1C#N. The van der Waals surface area contributed by atoms with E-state index in [0.717, 1.165) is 0 Å². The summed E-state index contributed by atoms with van der Waals surface area (Å²) >= 11 is 0. The van der Waals surface area contributed by atoms with Crippen LogP contribution in [0.25, 0.3) is 0 Å². The second-order valence-corrected chi connectivity index (χ2v) is 2.85. The number of carbonyl (C=O) groups is 1. The summed E-state index contributed by atoms with van der Waals surface area (Å²) in [5, 5.41) is 8.87. The lowest BCUT2D eigenvalue weighted by molar-refractivity contribution is 0.0599. The fourth-order valence-electron chi connectivity index (χ4n) is 1.21. The maximum absolute atomic E-state index is 11.4. The lowest BCUT2D eigenvalue weighted by Gasteiger charge is -2.09. The molecule has 0 spiro atoms. The zero-order valence-corrected chi connectivity index (χ0v) is 8.37. The second-order valence-electron chi connectivity index (χ2n) is 2.85. The fraction of sp³-hybridized carbons (Fsp3) is 0.222. The van der Waals surface area contributed by atoms with Gasteiger partial charge in [-0.1, -0.05) is 0 Å². The molecule has 6 nitrogen and oxygen atoms in total. The Kier molecular flexibility index (Phi) is 2.76. The minimum atomic E-state index is -0.650. The van der Waals surface area contributed by atoms with Crippen molar-refractivity contribution >= 4 is 17.5 Å². The highest BCUT2D eigenvalue weighted by molar-refractivity contribution is 5.96. The average molecular weight is 206 g/mol. The van der Waals surface area contributed by atoms with Crippen molar-refractivity contribution in [3.05, 3.63) is 16.8 Å². The van der Waals surface area contributed by atoms with Crippen molar-refractivity contribution in [2.45, 2.75) is 6.92 Å². The Morgan fingerprint density at radius 3 is 2.60 bits per heavy atom. The number of nitriles is 1. The molecule has 0 radical (unpaired) electrons. The summed E-state index contributed by atoms with van der Waals surface area (Å²) in [6.07, 6.45) is 0. The number of hydrogen-bond donors (Lipinski definition) is 2. The Hall–Kier alpha value is -2.29. The molecule has 1 aromatic rings. The van der Waals surface area contributed by atoms with E-state index in [-0.39, 0.29) is 22.6 Å². The van der Waals surface area contributed by atoms with Crippen molar-refractivity contribution in [2.75, 3.05) is 18.6 Å². The lowest BCUT2D eigenvalue weighted by Crippen LogP contribution is -2.13. The van der Waals surface area contributed by atoms with Crippen LogP contribution in [0.2, 0.25) is 0 Å². The van der Waals surface area contributed by atoms with Gasteiger partial charge in [0.25, 0.3) is 0 Å². The first-order valence-corrected chi connectivity index (χ1v) is 4.06. The third-order valence-electron chi connectivity index (χ3n) is 1.95. The predicted molar refractivity (Wildman–Crippen MR) is 53.9 cm³/mol. The zero-order chi connectivity index (χ0) is 11.6. The number of carbonyl (C=O) groups excluding carboxylic acids is 1. The molecule has 0 aliphatic carbocycles. The molecule has 0 fully saturated rings. The first-order chi connectivity index (χ1) is 7.02. The summed E-state index contributed by atoms with van der Waals surface area (Å²) in [4.78, 5) is 15.2. The molecular weight excluding hydrogens is 196 g/mol. The summed E-state index contributed by atoms with van der Waals surface area (Å²) in [6, 6.07) is 1.81. The highest BCUT2D eigenvalue weighted by atomic mass is 16.5. The van der Waals surface area contributed by atoms with Crippen LogP contribution in [0.4, 0.5) is 11.5 Å². The molecule has 78 valence electrons. The Morgan fingerprint density at radius 1 is 1.53 bits per heavy atom. The van der Waals surface area contributed by atoms with Crippen LogP contribution in [0, 0.1) is 18.3 Å². The van der Waals surface area contributed by atoms with E-state index in [1.54, 1.807) is 6.92 Å². The first kappa shape index (κ1) is 10.8. The number of nitrogen functional groups attached to an aromatic ring is 2. The molecule has 0 unspecified atom stereocenters. The molecule has 1 aromatic heterocycles. The van der Waals surface area contributed by atoms with E-state index in [2.05, 4.69) is 9.72 Å². The predicted octanol–water partition coefficient (Wildman–Crippen LogP) is 0.213. The molecule has 4 N–H and O–H groups in total. The van der Waals surface area contributed by atoms with Crippen molar-refractivity contribution in [3.63, 3.8) is 0 Å². The Balaban J connectivity index is 3.58. The van der Waals surface area contributed by atoms with E-state index >= 15 is 0 Å². The normalized spacial score (nSPS) is 9.40. The number of methoxy groups -OCH3 is 1. The summed E-state index contributed by atoms with van der Waals surface area (Å²) in [6.45, 7) is 1.56. The van der Waals surface area contributed by atoms with Crippen LogP contribution >= 0.6 is 0 Å². The molecule has 15 heavy (non-hydrogen) atoms. The first-order valence-electron chi connectivity index (χ1n) is 4.06. The summed E-state index contributed by atoms with van der Waals surface area (Å²) in [5.41, 5.74) is 11.4. The molecule has 0 aliphatic rings. The van der Waals surface area contributed by atoms with Gasteiger partial charge in [0.1, 0.15) is 17.5 Å². The highest BCUT2D eigenvalue weighted by Gasteiger charge is 2.20. The standard InChI is InChI=1S/C9H10N4O2/c1-4-6(9(14)15-2)5(3-10)7(11)8(12)13-4/h11H2,1-2H3,(H2,12,13). The largest absolute Gasteiger partial charge is 0.465 e. The minimum absolute atomic E-state index is 0.00324. The van der Waals surface area contributed by atoms with Crippen molar-refractivity contribution in [2.24, 2.45) is 0 Å². The molecule has 0 saturated heterocycles. The zero-order valence-electron chi connectivity index (χ0n) is 8.37. The molecule has 6 heteroatoms. The van der Waals surface area contributed by atoms with E-state index in [9.17, 15) is 4.79 Å². The van der Waals surface area contributed by atoms with Crippen molar-refractivity contribution in [1.29, 1.82) is 5.26 Å². The molecule has 0 saturated carbocycles. The number of nitrogens with zero attached hydrogens (tertiary/aromatic N) is 2. The number of rotatable bonds is 1. The van der Waals surface area contributed by atoms with E-state index in [4.69, 9.17) is 16.7 Å².